The summed E-state index contributed by atoms with van der Waals surface area (Å²) in [5, 5.41) is 0. The number of fused-ring (bicyclic) bond motifs is 2. The second kappa shape index (κ2) is 7.27. The van der Waals surface area contributed by atoms with Crippen molar-refractivity contribution in [1.82, 2.24) is 19.4 Å². The van der Waals surface area contributed by atoms with Gasteiger partial charge in [0.2, 0.25) is 0 Å². The van der Waals surface area contributed by atoms with Crippen LogP contribution in [0.1, 0.15) is 46.3 Å². The van der Waals surface area contributed by atoms with Crippen LogP contribution in [0.4, 0.5) is 0 Å². The van der Waals surface area contributed by atoms with Crippen LogP contribution in [0.5, 0.6) is 0 Å². The largest absolute Gasteiger partial charge is 0.334 e. The third-order valence-corrected chi connectivity index (χ3v) is 5.52. The molecule has 27 heavy (non-hydrogen) atoms. The van der Waals surface area contributed by atoms with Crippen molar-refractivity contribution in [3.63, 3.8) is 0 Å². The summed E-state index contributed by atoms with van der Waals surface area (Å²) in [6, 6.07) is 9.43. The molecule has 3 heterocycles. The fourth-order valence-electron chi connectivity index (χ4n) is 4.25. The Morgan fingerprint density at radius 1 is 1.22 bits per heavy atom. The second-order valence-corrected chi connectivity index (χ2v) is 7.78. The third-order valence-electron chi connectivity index (χ3n) is 5.52. The average Bonchev–Trinajstić information content (AvgIpc) is 2.67. The van der Waals surface area contributed by atoms with E-state index >= 15 is 0 Å². The van der Waals surface area contributed by atoms with Crippen molar-refractivity contribution in [2.45, 2.75) is 38.3 Å². The SMILES string of the molecule is CN(C)C[C@H]1CCCc2nc3c(c(=O)n21)CN(C(=O)c1ccccc1)CC3. The highest BCUT2D eigenvalue weighted by Gasteiger charge is 2.30. The number of aryl methyl sites for hydroxylation is 1. The standard InChI is InChI=1S/C21H26N4O2/c1-23(2)13-16-9-6-10-19-22-18-11-12-24(14-17(18)21(27)25(16)19)20(26)15-7-4-3-5-8-15/h3-5,7-8,16H,6,9-14H2,1-2H3/t16-/m1/s1. The van der Waals surface area contributed by atoms with Gasteiger partial charge in [-0.15, -0.1) is 0 Å². The van der Waals surface area contributed by atoms with Crippen molar-refractivity contribution in [1.29, 1.82) is 0 Å². The molecule has 0 fully saturated rings. The monoisotopic (exact) mass is 366 g/mol. The molecule has 4 rings (SSSR count). The lowest BCUT2D eigenvalue weighted by molar-refractivity contribution is 0.0731. The minimum Gasteiger partial charge on any atom is -0.334 e. The van der Waals surface area contributed by atoms with Crippen LogP contribution in [-0.4, -0.2) is 52.4 Å². The van der Waals surface area contributed by atoms with Gasteiger partial charge in [-0.3, -0.25) is 14.2 Å². The van der Waals surface area contributed by atoms with Gasteiger partial charge in [-0.2, -0.15) is 0 Å². The minimum atomic E-state index is -0.0202. The number of carbonyl (C=O) groups is 1. The summed E-state index contributed by atoms with van der Waals surface area (Å²) in [5.41, 5.74) is 2.29. The zero-order chi connectivity index (χ0) is 19.0. The lowest BCUT2D eigenvalue weighted by atomic mass is 10.00. The van der Waals surface area contributed by atoms with Crippen LogP contribution in [0.2, 0.25) is 0 Å². The van der Waals surface area contributed by atoms with E-state index < -0.39 is 0 Å². The summed E-state index contributed by atoms with van der Waals surface area (Å²) in [7, 11) is 4.07. The Labute approximate surface area is 159 Å². The maximum atomic E-state index is 13.3. The topological polar surface area (TPSA) is 58.4 Å². The van der Waals surface area contributed by atoms with Gasteiger partial charge < -0.3 is 9.80 Å². The van der Waals surface area contributed by atoms with Gasteiger partial charge in [0.25, 0.3) is 11.5 Å². The number of amides is 1. The number of aromatic nitrogens is 2. The predicted octanol–water partition coefficient (Wildman–Crippen LogP) is 1.88. The zero-order valence-corrected chi connectivity index (χ0v) is 16.0. The molecule has 1 aromatic heterocycles. The highest BCUT2D eigenvalue weighted by molar-refractivity contribution is 5.94. The molecular weight excluding hydrogens is 340 g/mol. The van der Waals surface area contributed by atoms with Crippen molar-refractivity contribution in [3.8, 4) is 0 Å². The molecule has 1 aromatic carbocycles. The molecule has 1 atom stereocenters. The van der Waals surface area contributed by atoms with Crippen LogP contribution in [-0.2, 0) is 19.4 Å². The molecule has 2 aromatic rings. The molecule has 0 aliphatic carbocycles. The van der Waals surface area contributed by atoms with Gasteiger partial charge in [0.15, 0.2) is 0 Å². The van der Waals surface area contributed by atoms with Gasteiger partial charge in [-0.1, -0.05) is 18.2 Å². The number of carbonyl (C=O) groups excluding carboxylic acids is 1. The number of rotatable bonds is 3. The first-order valence-corrected chi connectivity index (χ1v) is 9.67. The van der Waals surface area contributed by atoms with E-state index in [0.717, 1.165) is 37.3 Å². The molecule has 2 aliphatic rings. The van der Waals surface area contributed by atoms with Crippen molar-refractivity contribution >= 4 is 5.91 Å². The van der Waals surface area contributed by atoms with E-state index in [0.29, 0.717) is 30.6 Å². The zero-order valence-electron chi connectivity index (χ0n) is 16.0. The molecular formula is C21H26N4O2. The summed E-state index contributed by atoms with van der Waals surface area (Å²) < 4.78 is 1.90. The van der Waals surface area contributed by atoms with E-state index in [4.69, 9.17) is 4.98 Å². The van der Waals surface area contributed by atoms with Crippen molar-refractivity contribution in [2.75, 3.05) is 27.2 Å². The fraction of sp³-hybridized carbons (Fsp3) is 0.476. The minimum absolute atomic E-state index is 0.0202. The van der Waals surface area contributed by atoms with Crippen molar-refractivity contribution in [3.05, 3.63) is 63.3 Å². The molecule has 0 radical (unpaired) electrons. The van der Waals surface area contributed by atoms with Gasteiger partial charge in [0.1, 0.15) is 5.82 Å². The van der Waals surface area contributed by atoms with E-state index in [1.165, 1.54) is 0 Å². The first-order valence-electron chi connectivity index (χ1n) is 9.67. The quantitative estimate of drug-likeness (QED) is 0.832. The predicted molar refractivity (Wildman–Crippen MR) is 104 cm³/mol. The normalized spacial score (nSPS) is 18.9. The van der Waals surface area contributed by atoms with Gasteiger partial charge in [0, 0.05) is 31.5 Å². The number of likely N-dealkylation sites (N-methyl/N-ethyl adjacent to an activating group) is 1. The molecule has 0 saturated heterocycles. The first-order chi connectivity index (χ1) is 13.0. The van der Waals surface area contributed by atoms with Crippen LogP contribution in [0.15, 0.2) is 35.1 Å². The van der Waals surface area contributed by atoms with Gasteiger partial charge in [-0.05, 0) is 39.1 Å². The Hall–Kier alpha value is -2.47. The maximum absolute atomic E-state index is 13.3. The molecule has 0 saturated carbocycles. The van der Waals surface area contributed by atoms with E-state index in [2.05, 4.69) is 4.90 Å². The summed E-state index contributed by atoms with van der Waals surface area (Å²) in [6.07, 6.45) is 3.58. The molecule has 0 spiro atoms. The number of hydrogen-bond acceptors (Lipinski definition) is 4. The third kappa shape index (κ3) is 3.41. The summed E-state index contributed by atoms with van der Waals surface area (Å²) in [4.78, 5) is 34.9. The lowest BCUT2D eigenvalue weighted by Gasteiger charge is -2.33. The van der Waals surface area contributed by atoms with Gasteiger partial charge >= 0.3 is 0 Å². The number of nitrogens with zero attached hydrogens (tertiary/aromatic N) is 4. The van der Waals surface area contributed by atoms with Crippen LogP contribution >= 0.6 is 0 Å². The van der Waals surface area contributed by atoms with Gasteiger partial charge in [-0.25, -0.2) is 4.98 Å². The van der Waals surface area contributed by atoms with E-state index in [-0.39, 0.29) is 17.5 Å². The molecule has 0 N–H and O–H groups in total. The Bertz CT molecular complexity index is 904. The highest BCUT2D eigenvalue weighted by Crippen LogP contribution is 2.25. The molecule has 1 amide bonds. The summed E-state index contributed by atoms with van der Waals surface area (Å²) in [5.74, 6) is 0.896. The fourth-order valence-corrected chi connectivity index (χ4v) is 4.25. The Kier molecular flexibility index (Phi) is 4.83. The molecule has 2 aliphatic heterocycles. The average molecular weight is 366 g/mol. The van der Waals surface area contributed by atoms with Crippen LogP contribution in [0.3, 0.4) is 0 Å². The van der Waals surface area contributed by atoms with Crippen molar-refractivity contribution in [2.24, 2.45) is 0 Å². The van der Waals surface area contributed by atoms with Gasteiger partial charge in [0.05, 0.1) is 23.8 Å². The molecule has 0 bridgehead atoms. The van der Waals surface area contributed by atoms with E-state index in [1.807, 2.05) is 49.0 Å². The van der Waals surface area contributed by atoms with E-state index in [1.54, 1.807) is 4.90 Å². The van der Waals surface area contributed by atoms with Crippen LogP contribution in [0.25, 0.3) is 0 Å². The highest BCUT2D eigenvalue weighted by atomic mass is 16.2. The van der Waals surface area contributed by atoms with Crippen LogP contribution < -0.4 is 5.56 Å². The smallest absolute Gasteiger partial charge is 0.259 e. The molecule has 6 nitrogen and oxygen atoms in total. The lowest BCUT2D eigenvalue weighted by Crippen LogP contribution is -2.44. The maximum Gasteiger partial charge on any atom is 0.259 e. The Morgan fingerprint density at radius 3 is 2.74 bits per heavy atom. The first kappa shape index (κ1) is 17.9. The van der Waals surface area contributed by atoms with E-state index in [9.17, 15) is 9.59 Å². The van der Waals surface area contributed by atoms with Crippen LogP contribution in [0, 0.1) is 0 Å². The Morgan fingerprint density at radius 2 is 2.00 bits per heavy atom. The number of hydrogen-bond donors (Lipinski definition) is 0. The summed E-state index contributed by atoms with van der Waals surface area (Å²) >= 11 is 0. The summed E-state index contributed by atoms with van der Waals surface area (Å²) in [6.45, 7) is 1.79. The molecule has 6 heteroatoms. The number of benzene rings is 1. The molecule has 0 unspecified atom stereocenters. The molecule has 142 valence electrons. The van der Waals surface area contributed by atoms with Crippen molar-refractivity contribution < 1.29 is 4.79 Å². The second-order valence-electron chi connectivity index (χ2n) is 7.78. The Balaban J connectivity index is 1.67.